The highest BCUT2D eigenvalue weighted by Crippen LogP contribution is 2.50. The summed E-state index contributed by atoms with van der Waals surface area (Å²) in [5.41, 5.74) is 1.38. The zero-order chi connectivity index (χ0) is 19.9. The van der Waals surface area contributed by atoms with Crippen molar-refractivity contribution in [2.45, 2.75) is 49.4 Å². The fraction of sp³-hybridized carbons (Fsp3) is 0.444. The maximum Gasteiger partial charge on any atom is 0.327 e. The Labute approximate surface area is 160 Å². The number of fused-ring (bicyclic) bond motifs is 1. The van der Waals surface area contributed by atoms with E-state index in [1.165, 1.54) is 23.6 Å². The molecular formula is C18H21N3O5S. The summed E-state index contributed by atoms with van der Waals surface area (Å²) in [7, 11) is 0. The van der Waals surface area contributed by atoms with Crippen molar-refractivity contribution in [2.24, 2.45) is 0 Å². The molecule has 0 bridgehead atoms. The third kappa shape index (κ3) is 3.64. The minimum atomic E-state index is -1.03. The summed E-state index contributed by atoms with van der Waals surface area (Å²) in [4.78, 5) is 48.6. The summed E-state index contributed by atoms with van der Waals surface area (Å²) < 4.78 is -0.620. The number of carbonyl (C=O) groups excluding carboxylic acids is 3. The minimum Gasteiger partial charge on any atom is -0.480 e. The molecule has 0 unspecified atom stereocenters. The Balaban J connectivity index is 1.60. The second kappa shape index (κ2) is 6.88. The number of aliphatic carboxylic acids is 1. The monoisotopic (exact) mass is 391 g/mol. The molecule has 0 radical (unpaired) electrons. The molecule has 3 N–H and O–H groups in total. The van der Waals surface area contributed by atoms with Crippen molar-refractivity contribution < 1.29 is 24.3 Å². The molecule has 0 spiro atoms. The van der Waals surface area contributed by atoms with Crippen molar-refractivity contribution in [3.63, 3.8) is 0 Å². The number of carbonyl (C=O) groups is 4. The number of carboxylic acids is 1. The van der Waals surface area contributed by atoms with Gasteiger partial charge in [-0.2, -0.15) is 0 Å². The Hall–Kier alpha value is -2.55. The van der Waals surface area contributed by atoms with Crippen LogP contribution in [0.15, 0.2) is 24.3 Å². The smallest absolute Gasteiger partial charge is 0.327 e. The third-order valence-electron chi connectivity index (χ3n) is 4.63. The number of benzene rings is 1. The highest BCUT2D eigenvalue weighted by Gasteiger charge is 2.64. The Morgan fingerprint density at radius 3 is 2.41 bits per heavy atom. The molecule has 0 aliphatic carbocycles. The topological polar surface area (TPSA) is 116 Å². The zero-order valence-corrected chi connectivity index (χ0v) is 16.0. The van der Waals surface area contributed by atoms with E-state index in [-0.39, 0.29) is 29.5 Å². The van der Waals surface area contributed by atoms with Gasteiger partial charge in [-0.05, 0) is 31.5 Å². The van der Waals surface area contributed by atoms with Crippen LogP contribution in [0.25, 0.3) is 0 Å². The van der Waals surface area contributed by atoms with Crippen LogP contribution < -0.4 is 10.6 Å². The number of nitrogens with zero attached hydrogens (tertiary/aromatic N) is 1. The first-order valence-corrected chi connectivity index (χ1v) is 9.37. The van der Waals surface area contributed by atoms with E-state index in [4.69, 9.17) is 0 Å². The molecule has 3 atom stereocenters. The molecule has 8 nitrogen and oxygen atoms in total. The first-order chi connectivity index (χ1) is 12.6. The summed E-state index contributed by atoms with van der Waals surface area (Å²) in [5.74, 6) is -1.88. The van der Waals surface area contributed by atoms with Crippen LogP contribution in [0.2, 0.25) is 0 Å². The van der Waals surface area contributed by atoms with Gasteiger partial charge in [-0.1, -0.05) is 12.1 Å². The van der Waals surface area contributed by atoms with Crippen LogP contribution in [0.4, 0.5) is 5.69 Å². The number of β-lactam (4-membered cyclic amide) rings is 1. The van der Waals surface area contributed by atoms with Gasteiger partial charge in [0.1, 0.15) is 17.5 Å². The number of carboxylic acid groups (broad SMARTS) is 1. The summed E-state index contributed by atoms with van der Waals surface area (Å²) in [6, 6.07) is 5.26. The van der Waals surface area contributed by atoms with E-state index in [9.17, 15) is 24.3 Å². The Morgan fingerprint density at radius 1 is 1.22 bits per heavy atom. The van der Waals surface area contributed by atoms with Gasteiger partial charge < -0.3 is 20.6 Å². The predicted molar refractivity (Wildman–Crippen MR) is 100 cm³/mol. The molecule has 2 fully saturated rings. The summed E-state index contributed by atoms with van der Waals surface area (Å²) in [5, 5.41) is 14.4. The van der Waals surface area contributed by atoms with Gasteiger partial charge in [0.25, 0.3) is 0 Å². The minimum absolute atomic E-state index is 0.0905. The lowest BCUT2D eigenvalue weighted by Gasteiger charge is -2.43. The number of thioether (sulfide) groups is 1. The van der Waals surface area contributed by atoms with Crippen LogP contribution in [-0.2, 0) is 25.6 Å². The van der Waals surface area contributed by atoms with E-state index in [1.807, 2.05) is 0 Å². The lowest BCUT2D eigenvalue weighted by Crippen LogP contribution is -2.70. The van der Waals surface area contributed by atoms with Crippen LogP contribution in [-0.4, -0.2) is 55.9 Å². The van der Waals surface area contributed by atoms with Crippen molar-refractivity contribution in [3.8, 4) is 0 Å². The van der Waals surface area contributed by atoms with Gasteiger partial charge in [0.05, 0.1) is 6.42 Å². The first-order valence-electron chi connectivity index (χ1n) is 8.49. The van der Waals surface area contributed by atoms with Crippen molar-refractivity contribution in [1.29, 1.82) is 0 Å². The standard InChI is InChI=1S/C18H21N3O5S/c1-9(22)19-11-6-4-10(5-7-11)8-12(23)20-13-15(24)21-14(17(25)26)18(2,3)27-16(13)21/h4-7,13-14,16H,8H2,1-3H3,(H,19,22)(H,20,23)(H,25,26)/t13-,14+,16-/m1/s1. The van der Waals surface area contributed by atoms with Crippen LogP contribution in [0.5, 0.6) is 0 Å². The van der Waals surface area contributed by atoms with E-state index >= 15 is 0 Å². The summed E-state index contributed by atoms with van der Waals surface area (Å²) >= 11 is 1.39. The van der Waals surface area contributed by atoms with E-state index in [0.717, 1.165) is 5.56 Å². The fourth-order valence-corrected chi connectivity index (χ4v) is 5.09. The second-order valence-electron chi connectivity index (χ2n) is 7.20. The third-order valence-corrected chi connectivity index (χ3v) is 6.20. The van der Waals surface area contributed by atoms with E-state index in [1.54, 1.807) is 38.1 Å². The van der Waals surface area contributed by atoms with Gasteiger partial charge in [-0.15, -0.1) is 11.8 Å². The number of amides is 3. The van der Waals surface area contributed by atoms with Crippen LogP contribution in [0.3, 0.4) is 0 Å². The van der Waals surface area contributed by atoms with E-state index in [0.29, 0.717) is 5.69 Å². The largest absolute Gasteiger partial charge is 0.480 e. The molecule has 27 heavy (non-hydrogen) atoms. The Bertz CT molecular complexity index is 808. The molecule has 9 heteroatoms. The Kier molecular flexibility index (Phi) is 4.90. The lowest BCUT2D eigenvalue weighted by atomic mass is 9.96. The quantitative estimate of drug-likeness (QED) is 0.640. The maximum absolute atomic E-state index is 12.4. The normalized spacial score (nSPS) is 25.4. The summed E-state index contributed by atoms with van der Waals surface area (Å²) in [6.07, 6.45) is 0.0905. The molecule has 2 saturated heterocycles. The molecule has 3 amide bonds. The SMILES string of the molecule is CC(=O)Nc1ccc(CC(=O)N[C@@H]2C(=O)N3[C@@H]2SC(C)(C)[C@@H]3C(=O)O)cc1. The molecule has 144 valence electrons. The lowest BCUT2D eigenvalue weighted by molar-refractivity contribution is -0.161. The zero-order valence-electron chi connectivity index (χ0n) is 15.2. The average molecular weight is 391 g/mol. The molecule has 3 rings (SSSR count). The predicted octanol–water partition coefficient (Wildman–Crippen LogP) is 0.819. The number of hydrogen-bond donors (Lipinski definition) is 3. The number of nitrogens with one attached hydrogen (secondary N) is 2. The van der Waals surface area contributed by atoms with Crippen LogP contribution in [0, 0.1) is 0 Å². The van der Waals surface area contributed by atoms with Gasteiger partial charge >= 0.3 is 5.97 Å². The molecule has 2 aliphatic heterocycles. The molecule has 1 aromatic rings. The number of rotatable bonds is 5. The van der Waals surface area contributed by atoms with E-state index in [2.05, 4.69) is 10.6 Å². The number of anilines is 1. The highest BCUT2D eigenvalue weighted by atomic mass is 32.2. The molecule has 1 aromatic carbocycles. The molecule has 2 aliphatic rings. The molecular weight excluding hydrogens is 370 g/mol. The van der Waals surface area contributed by atoms with Gasteiger partial charge in [-0.3, -0.25) is 14.4 Å². The van der Waals surface area contributed by atoms with Gasteiger partial charge in [-0.25, -0.2) is 4.79 Å². The van der Waals surface area contributed by atoms with Crippen molar-refractivity contribution in [1.82, 2.24) is 10.2 Å². The molecule has 2 heterocycles. The maximum atomic E-state index is 12.4. The van der Waals surface area contributed by atoms with Crippen LogP contribution >= 0.6 is 11.8 Å². The average Bonchev–Trinajstić information content (AvgIpc) is 2.82. The highest BCUT2D eigenvalue weighted by molar-refractivity contribution is 8.01. The van der Waals surface area contributed by atoms with E-state index < -0.39 is 22.8 Å². The van der Waals surface area contributed by atoms with Gasteiger partial charge in [0.2, 0.25) is 17.7 Å². The van der Waals surface area contributed by atoms with Gasteiger partial charge in [0, 0.05) is 17.4 Å². The summed E-state index contributed by atoms with van der Waals surface area (Å²) in [6.45, 7) is 4.99. The molecule has 0 aromatic heterocycles. The van der Waals surface area contributed by atoms with Crippen molar-refractivity contribution in [3.05, 3.63) is 29.8 Å². The van der Waals surface area contributed by atoms with Gasteiger partial charge in [0.15, 0.2) is 0 Å². The first kappa shape index (κ1) is 19.2. The van der Waals surface area contributed by atoms with Crippen LogP contribution in [0.1, 0.15) is 26.3 Å². The Morgan fingerprint density at radius 2 is 1.85 bits per heavy atom. The molecule has 0 saturated carbocycles. The van der Waals surface area contributed by atoms with Crippen molar-refractivity contribution >= 4 is 41.1 Å². The fourth-order valence-electron chi connectivity index (χ4n) is 3.46. The number of hydrogen-bond acceptors (Lipinski definition) is 5. The van der Waals surface area contributed by atoms with Crippen molar-refractivity contribution in [2.75, 3.05) is 5.32 Å². The second-order valence-corrected chi connectivity index (χ2v) is 8.97.